The Morgan fingerprint density at radius 1 is 1.25 bits per heavy atom. The fourth-order valence-corrected chi connectivity index (χ4v) is 3.17. The van der Waals surface area contributed by atoms with E-state index in [9.17, 15) is 8.42 Å². The van der Waals surface area contributed by atoms with Gasteiger partial charge in [0.15, 0.2) is 0 Å². The van der Waals surface area contributed by atoms with E-state index in [2.05, 4.69) is 15.0 Å². The molecule has 0 aliphatic rings. The zero-order valence-electron chi connectivity index (χ0n) is 11.0. The molecule has 0 radical (unpaired) electrons. The van der Waals surface area contributed by atoms with Crippen molar-refractivity contribution in [1.82, 2.24) is 4.98 Å². The third-order valence-corrected chi connectivity index (χ3v) is 4.39. The van der Waals surface area contributed by atoms with Gasteiger partial charge in [0.05, 0.1) is 10.7 Å². The Balaban J connectivity index is 2.43. The van der Waals surface area contributed by atoms with Crippen LogP contribution in [0.25, 0.3) is 0 Å². The standard InChI is InChI=1S/C13H14ClN3O2S/c1-9-5-6-10(14)11(8-9)17-20(18,19)12-4-3-7-16-13(12)15-2/h3-8,17H,1-2H3,(H,15,16). The van der Waals surface area contributed by atoms with Crippen molar-refractivity contribution in [3.8, 4) is 0 Å². The summed E-state index contributed by atoms with van der Waals surface area (Å²) >= 11 is 6.01. The second kappa shape index (κ2) is 5.68. The van der Waals surface area contributed by atoms with E-state index in [1.165, 1.54) is 12.3 Å². The van der Waals surface area contributed by atoms with Crippen LogP contribution in [0.4, 0.5) is 11.5 Å². The SMILES string of the molecule is CNc1ncccc1S(=O)(=O)Nc1cc(C)ccc1Cl. The highest BCUT2D eigenvalue weighted by molar-refractivity contribution is 7.92. The summed E-state index contributed by atoms with van der Waals surface area (Å²) in [6.07, 6.45) is 1.52. The van der Waals surface area contributed by atoms with Gasteiger partial charge in [-0.05, 0) is 36.8 Å². The largest absolute Gasteiger partial charge is 0.372 e. The van der Waals surface area contributed by atoms with Gasteiger partial charge in [-0.15, -0.1) is 0 Å². The van der Waals surface area contributed by atoms with Crippen molar-refractivity contribution in [1.29, 1.82) is 0 Å². The van der Waals surface area contributed by atoms with Crippen molar-refractivity contribution < 1.29 is 8.42 Å². The molecule has 2 rings (SSSR count). The summed E-state index contributed by atoms with van der Waals surface area (Å²) < 4.78 is 27.3. The van der Waals surface area contributed by atoms with Crippen LogP contribution in [0.15, 0.2) is 41.4 Å². The van der Waals surface area contributed by atoms with Gasteiger partial charge in [0, 0.05) is 13.2 Å². The number of sulfonamides is 1. The lowest BCUT2D eigenvalue weighted by Crippen LogP contribution is -2.15. The fraction of sp³-hybridized carbons (Fsp3) is 0.154. The summed E-state index contributed by atoms with van der Waals surface area (Å²) in [5.74, 6) is 0.281. The van der Waals surface area contributed by atoms with E-state index in [0.29, 0.717) is 10.7 Å². The van der Waals surface area contributed by atoms with Crippen molar-refractivity contribution in [2.45, 2.75) is 11.8 Å². The van der Waals surface area contributed by atoms with Crippen molar-refractivity contribution in [3.63, 3.8) is 0 Å². The second-order valence-electron chi connectivity index (χ2n) is 4.19. The van der Waals surface area contributed by atoms with Crippen LogP contribution < -0.4 is 10.0 Å². The monoisotopic (exact) mass is 311 g/mol. The van der Waals surface area contributed by atoms with E-state index in [-0.39, 0.29) is 10.7 Å². The van der Waals surface area contributed by atoms with Gasteiger partial charge in [-0.3, -0.25) is 4.72 Å². The first-order chi connectivity index (χ1) is 9.44. The third kappa shape index (κ3) is 3.02. The molecular weight excluding hydrogens is 298 g/mol. The molecule has 1 aromatic carbocycles. The lowest BCUT2D eigenvalue weighted by atomic mass is 10.2. The summed E-state index contributed by atoms with van der Waals surface area (Å²) in [6, 6.07) is 8.17. The van der Waals surface area contributed by atoms with Crippen molar-refractivity contribution in [3.05, 3.63) is 47.1 Å². The molecule has 2 aromatic rings. The number of hydrogen-bond donors (Lipinski definition) is 2. The Bertz CT molecular complexity index is 732. The lowest BCUT2D eigenvalue weighted by molar-refractivity contribution is 0.601. The van der Waals surface area contributed by atoms with E-state index >= 15 is 0 Å². The molecule has 0 saturated heterocycles. The maximum absolute atomic E-state index is 12.4. The Labute approximate surface area is 123 Å². The minimum absolute atomic E-state index is 0.0695. The number of nitrogens with one attached hydrogen (secondary N) is 2. The summed E-state index contributed by atoms with van der Waals surface area (Å²) in [5.41, 5.74) is 1.25. The number of halogens is 1. The number of benzene rings is 1. The summed E-state index contributed by atoms with van der Waals surface area (Å²) in [6.45, 7) is 1.86. The van der Waals surface area contributed by atoms with Gasteiger partial charge in [0.1, 0.15) is 10.7 Å². The van der Waals surface area contributed by atoms with Crippen LogP contribution in [-0.2, 0) is 10.0 Å². The fourth-order valence-electron chi connectivity index (χ4n) is 1.71. The Kier molecular flexibility index (Phi) is 4.15. The van der Waals surface area contributed by atoms with Gasteiger partial charge in [-0.1, -0.05) is 17.7 Å². The van der Waals surface area contributed by atoms with E-state index in [0.717, 1.165) is 5.56 Å². The van der Waals surface area contributed by atoms with E-state index in [1.807, 2.05) is 13.0 Å². The van der Waals surface area contributed by atoms with Gasteiger partial charge in [-0.2, -0.15) is 0 Å². The molecule has 0 aliphatic carbocycles. The lowest BCUT2D eigenvalue weighted by Gasteiger charge is -2.12. The highest BCUT2D eigenvalue weighted by Gasteiger charge is 2.20. The van der Waals surface area contributed by atoms with Gasteiger partial charge < -0.3 is 5.32 Å². The maximum atomic E-state index is 12.4. The molecule has 5 nitrogen and oxygen atoms in total. The number of aromatic nitrogens is 1. The second-order valence-corrected chi connectivity index (χ2v) is 6.25. The first-order valence-electron chi connectivity index (χ1n) is 5.86. The van der Waals surface area contributed by atoms with Crippen molar-refractivity contribution in [2.75, 3.05) is 17.1 Å². The van der Waals surface area contributed by atoms with Crippen LogP contribution in [0.2, 0.25) is 5.02 Å². The molecule has 1 heterocycles. The quantitative estimate of drug-likeness (QED) is 0.911. The Morgan fingerprint density at radius 2 is 2.00 bits per heavy atom. The molecule has 1 aromatic heterocycles. The van der Waals surface area contributed by atoms with Gasteiger partial charge in [0.25, 0.3) is 10.0 Å². The molecule has 7 heteroatoms. The van der Waals surface area contributed by atoms with Crippen LogP contribution in [-0.4, -0.2) is 20.4 Å². The third-order valence-electron chi connectivity index (χ3n) is 2.66. The minimum Gasteiger partial charge on any atom is -0.372 e. The molecular formula is C13H14ClN3O2S. The Hall–Kier alpha value is -1.79. The smallest absolute Gasteiger partial charge is 0.265 e. The molecule has 106 valence electrons. The molecule has 0 bridgehead atoms. The first kappa shape index (κ1) is 14.6. The minimum atomic E-state index is -3.75. The molecule has 0 fully saturated rings. The van der Waals surface area contributed by atoms with Crippen LogP contribution >= 0.6 is 11.6 Å². The van der Waals surface area contributed by atoms with Crippen LogP contribution in [0.1, 0.15) is 5.56 Å². The highest BCUT2D eigenvalue weighted by Crippen LogP contribution is 2.27. The van der Waals surface area contributed by atoms with Gasteiger partial charge in [0.2, 0.25) is 0 Å². The molecule has 0 spiro atoms. The highest BCUT2D eigenvalue weighted by atomic mass is 35.5. The van der Waals surface area contributed by atoms with E-state index < -0.39 is 10.0 Å². The van der Waals surface area contributed by atoms with Crippen molar-refractivity contribution in [2.24, 2.45) is 0 Å². The van der Waals surface area contributed by atoms with E-state index in [4.69, 9.17) is 11.6 Å². The zero-order chi connectivity index (χ0) is 14.8. The number of rotatable bonds is 4. The summed E-state index contributed by atoms with van der Waals surface area (Å²) in [7, 11) is -2.14. The molecule has 0 amide bonds. The molecule has 20 heavy (non-hydrogen) atoms. The molecule has 0 atom stereocenters. The maximum Gasteiger partial charge on any atom is 0.265 e. The number of nitrogens with zero attached hydrogens (tertiary/aromatic N) is 1. The zero-order valence-corrected chi connectivity index (χ0v) is 12.6. The van der Waals surface area contributed by atoms with Crippen LogP contribution in [0.5, 0.6) is 0 Å². The number of pyridine rings is 1. The van der Waals surface area contributed by atoms with E-state index in [1.54, 1.807) is 25.2 Å². The predicted octanol–water partition coefficient (Wildman–Crippen LogP) is 2.89. The van der Waals surface area contributed by atoms with Gasteiger partial charge in [-0.25, -0.2) is 13.4 Å². The number of hydrogen-bond acceptors (Lipinski definition) is 4. The normalized spacial score (nSPS) is 11.2. The first-order valence-corrected chi connectivity index (χ1v) is 7.72. The summed E-state index contributed by atoms with van der Waals surface area (Å²) in [5, 5.41) is 3.09. The number of anilines is 2. The molecule has 0 unspecified atom stereocenters. The van der Waals surface area contributed by atoms with Gasteiger partial charge >= 0.3 is 0 Å². The van der Waals surface area contributed by atoms with Crippen LogP contribution in [0.3, 0.4) is 0 Å². The molecule has 0 saturated carbocycles. The number of aryl methyl sites for hydroxylation is 1. The summed E-state index contributed by atoms with van der Waals surface area (Å²) in [4.78, 5) is 4.05. The molecule has 0 aliphatic heterocycles. The Morgan fingerprint density at radius 3 is 2.70 bits per heavy atom. The van der Waals surface area contributed by atoms with Crippen LogP contribution in [0, 0.1) is 6.92 Å². The topological polar surface area (TPSA) is 71.1 Å². The molecule has 2 N–H and O–H groups in total. The predicted molar refractivity (Wildman–Crippen MR) is 80.8 cm³/mol. The van der Waals surface area contributed by atoms with Crippen molar-refractivity contribution >= 4 is 33.1 Å². The average molecular weight is 312 g/mol. The average Bonchev–Trinajstić information content (AvgIpc) is 2.42.